The Morgan fingerprint density at radius 1 is 1.06 bits per heavy atom. The molecule has 1 aliphatic rings. The summed E-state index contributed by atoms with van der Waals surface area (Å²) in [6, 6.07) is 11.3. The van der Waals surface area contributed by atoms with Gasteiger partial charge >= 0.3 is 0 Å². The van der Waals surface area contributed by atoms with Gasteiger partial charge in [0.05, 0.1) is 23.9 Å². The summed E-state index contributed by atoms with van der Waals surface area (Å²) in [4.78, 5) is 12.8. The van der Waals surface area contributed by atoms with Crippen LogP contribution in [0.5, 0.6) is 5.75 Å². The number of carbonyl (C=O) groups is 1. The maximum Gasteiger partial charge on any atom is 0.243 e. The highest BCUT2D eigenvalue weighted by Gasteiger charge is 2.26. The van der Waals surface area contributed by atoms with Gasteiger partial charge in [0.25, 0.3) is 0 Å². The van der Waals surface area contributed by atoms with Gasteiger partial charge in [-0.3, -0.25) is 9.10 Å². The number of aryl methyl sites for hydroxylation is 1. The average molecular weight is 510 g/mol. The van der Waals surface area contributed by atoms with Crippen molar-refractivity contribution >= 4 is 37.3 Å². The minimum atomic E-state index is -3.60. The molecule has 186 valence electrons. The molecule has 1 amide bonds. The van der Waals surface area contributed by atoms with E-state index in [2.05, 4.69) is 5.32 Å². The number of anilines is 2. The third kappa shape index (κ3) is 6.28. The van der Waals surface area contributed by atoms with Crippen molar-refractivity contribution in [2.24, 2.45) is 0 Å². The molecule has 1 aliphatic heterocycles. The third-order valence-electron chi connectivity index (χ3n) is 5.82. The molecule has 2 aromatic rings. The minimum Gasteiger partial charge on any atom is -0.496 e. The van der Waals surface area contributed by atoms with Gasteiger partial charge in [-0.2, -0.15) is 4.31 Å². The predicted molar refractivity (Wildman–Crippen MR) is 132 cm³/mol. The van der Waals surface area contributed by atoms with Gasteiger partial charge in [0.2, 0.25) is 26.0 Å². The number of methoxy groups -OCH3 is 1. The molecule has 11 heteroatoms. The Kier molecular flexibility index (Phi) is 8.21. The molecule has 0 bridgehead atoms. The normalized spacial score (nSPS) is 15.0. The van der Waals surface area contributed by atoms with Gasteiger partial charge in [-0.05, 0) is 61.2 Å². The second-order valence-corrected chi connectivity index (χ2v) is 12.2. The number of hydrogen-bond acceptors (Lipinski definition) is 6. The highest BCUT2D eigenvalue weighted by molar-refractivity contribution is 7.92. The molecule has 0 radical (unpaired) electrons. The molecule has 2 aromatic carbocycles. The van der Waals surface area contributed by atoms with Crippen molar-refractivity contribution in [1.82, 2.24) is 4.31 Å². The quantitative estimate of drug-likeness (QED) is 0.556. The summed E-state index contributed by atoms with van der Waals surface area (Å²) >= 11 is 0. The third-order valence-corrected chi connectivity index (χ3v) is 8.92. The lowest BCUT2D eigenvalue weighted by Crippen LogP contribution is -2.35. The molecule has 1 heterocycles. The first kappa shape index (κ1) is 26.0. The van der Waals surface area contributed by atoms with E-state index in [1.54, 1.807) is 36.4 Å². The van der Waals surface area contributed by atoms with Crippen LogP contribution in [0.4, 0.5) is 11.4 Å². The number of nitrogens with zero attached hydrogens (tertiary/aromatic N) is 2. The van der Waals surface area contributed by atoms with Crippen molar-refractivity contribution < 1.29 is 26.4 Å². The molecule has 34 heavy (non-hydrogen) atoms. The van der Waals surface area contributed by atoms with Gasteiger partial charge in [0, 0.05) is 32.2 Å². The summed E-state index contributed by atoms with van der Waals surface area (Å²) in [5, 5.41) is 2.77. The van der Waals surface area contributed by atoms with Crippen LogP contribution in [0.25, 0.3) is 0 Å². The molecule has 0 aliphatic carbocycles. The first-order chi connectivity index (χ1) is 16.0. The number of nitrogens with one attached hydrogen (secondary N) is 1. The topological polar surface area (TPSA) is 113 Å². The first-order valence-corrected chi connectivity index (χ1v) is 14.3. The fourth-order valence-corrected chi connectivity index (χ4v) is 5.87. The number of ether oxygens (including phenoxy) is 1. The first-order valence-electron chi connectivity index (χ1n) is 11.0. The van der Waals surface area contributed by atoms with Gasteiger partial charge in [-0.25, -0.2) is 16.8 Å². The lowest BCUT2D eigenvalue weighted by molar-refractivity contribution is -0.116. The average Bonchev–Trinajstić information content (AvgIpc) is 2.82. The largest absolute Gasteiger partial charge is 0.496 e. The van der Waals surface area contributed by atoms with Crippen molar-refractivity contribution in [3.63, 3.8) is 0 Å². The van der Waals surface area contributed by atoms with Crippen LogP contribution in [0.2, 0.25) is 0 Å². The molecular formula is C23H31N3O6S2. The van der Waals surface area contributed by atoms with Crippen LogP contribution < -0.4 is 14.4 Å². The fourth-order valence-electron chi connectivity index (χ4n) is 3.81. The van der Waals surface area contributed by atoms with Crippen LogP contribution >= 0.6 is 0 Å². The van der Waals surface area contributed by atoms with Crippen LogP contribution in [0.3, 0.4) is 0 Å². The van der Waals surface area contributed by atoms with Crippen LogP contribution in [-0.2, 0) is 31.3 Å². The Morgan fingerprint density at radius 3 is 2.41 bits per heavy atom. The van der Waals surface area contributed by atoms with Crippen LogP contribution in [0, 0.1) is 0 Å². The minimum absolute atomic E-state index is 0.0930. The van der Waals surface area contributed by atoms with Gasteiger partial charge < -0.3 is 10.1 Å². The molecule has 1 N–H and O–H groups in total. The molecule has 0 unspecified atom stereocenters. The van der Waals surface area contributed by atoms with E-state index in [0.717, 1.165) is 29.8 Å². The van der Waals surface area contributed by atoms with Crippen molar-refractivity contribution in [1.29, 1.82) is 0 Å². The Balaban J connectivity index is 1.71. The summed E-state index contributed by atoms with van der Waals surface area (Å²) in [6.45, 7) is 1.03. The Bertz CT molecular complexity index is 1240. The molecule has 0 atom stereocenters. The van der Waals surface area contributed by atoms with E-state index < -0.39 is 20.0 Å². The molecule has 1 saturated heterocycles. The highest BCUT2D eigenvalue weighted by Crippen LogP contribution is 2.27. The van der Waals surface area contributed by atoms with Crippen LogP contribution in [0.15, 0.2) is 47.4 Å². The zero-order valence-corrected chi connectivity index (χ0v) is 21.3. The summed E-state index contributed by atoms with van der Waals surface area (Å²) in [7, 11) is -4.08. The fraction of sp³-hybridized carbons (Fsp3) is 0.435. The maximum atomic E-state index is 13.0. The summed E-state index contributed by atoms with van der Waals surface area (Å²) < 4.78 is 57.6. The van der Waals surface area contributed by atoms with E-state index in [1.165, 1.54) is 24.5 Å². The highest BCUT2D eigenvalue weighted by atomic mass is 32.2. The van der Waals surface area contributed by atoms with Gasteiger partial charge in [-0.15, -0.1) is 0 Å². The molecule has 1 fully saturated rings. The van der Waals surface area contributed by atoms with Gasteiger partial charge in [0.1, 0.15) is 5.75 Å². The van der Waals surface area contributed by atoms with Crippen LogP contribution in [-0.4, -0.2) is 60.6 Å². The van der Waals surface area contributed by atoms with E-state index in [1.807, 2.05) is 0 Å². The molecule has 0 saturated carbocycles. The van der Waals surface area contributed by atoms with Gasteiger partial charge in [0.15, 0.2) is 0 Å². The monoisotopic (exact) mass is 509 g/mol. The second kappa shape index (κ2) is 10.7. The number of hydrogen-bond donors (Lipinski definition) is 1. The Labute approximate surface area is 201 Å². The summed E-state index contributed by atoms with van der Waals surface area (Å²) in [5.41, 5.74) is 1.52. The standard InChI is InChI=1S/C23H31N3O6S2/c1-25(33(3,28)29)20-9-7-8-19(17-20)24-23(27)13-10-18-16-21(11-12-22(18)32-2)34(30,31)26-14-5-4-6-15-26/h7-9,11-12,16-17H,4-6,10,13-15H2,1-3H3,(H,24,27). The van der Waals surface area contributed by atoms with Crippen LogP contribution in [0.1, 0.15) is 31.2 Å². The summed E-state index contributed by atoms with van der Waals surface area (Å²) in [5.74, 6) is 0.229. The van der Waals surface area contributed by atoms with Crippen molar-refractivity contribution in [2.45, 2.75) is 37.0 Å². The lowest BCUT2D eigenvalue weighted by atomic mass is 10.1. The summed E-state index contributed by atoms with van der Waals surface area (Å²) in [6.07, 6.45) is 4.21. The number of amides is 1. The van der Waals surface area contributed by atoms with E-state index >= 15 is 0 Å². The SMILES string of the molecule is COc1ccc(S(=O)(=O)N2CCCCC2)cc1CCC(=O)Nc1cccc(N(C)S(C)(=O)=O)c1. The van der Waals surface area contributed by atoms with Crippen molar-refractivity contribution in [3.05, 3.63) is 48.0 Å². The molecule has 0 aromatic heterocycles. The number of sulfonamides is 2. The van der Waals surface area contributed by atoms with E-state index in [4.69, 9.17) is 4.74 Å². The number of rotatable bonds is 9. The number of carbonyl (C=O) groups excluding carboxylic acids is 1. The number of benzene rings is 2. The second-order valence-electron chi connectivity index (χ2n) is 8.27. The zero-order chi connectivity index (χ0) is 24.9. The maximum absolute atomic E-state index is 13.0. The smallest absolute Gasteiger partial charge is 0.243 e. The molecule has 9 nitrogen and oxygen atoms in total. The molecular weight excluding hydrogens is 478 g/mol. The zero-order valence-electron chi connectivity index (χ0n) is 19.7. The predicted octanol–water partition coefficient (Wildman–Crippen LogP) is 2.84. The van der Waals surface area contributed by atoms with E-state index in [9.17, 15) is 21.6 Å². The van der Waals surface area contributed by atoms with Crippen molar-refractivity contribution in [2.75, 3.05) is 43.1 Å². The number of piperidine rings is 1. The molecule has 0 spiro atoms. The Morgan fingerprint density at radius 2 is 1.76 bits per heavy atom. The lowest BCUT2D eigenvalue weighted by Gasteiger charge is -2.26. The van der Waals surface area contributed by atoms with Crippen molar-refractivity contribution in [3.8, 4) is 5.75 Å². The van der Waals surface area contributed by atoms with E-state index in [-0.39, 0.29) is 23.6 Å². The molecule has 3 rings (SSSR count). The Hall–Kier alpha value is -2.63. The van der Waals surface area contributed by atoms with Gasteiger partial charge in [-0.1, -0.05) is 12.5 Å². The van der Waals surface area contributed by atoms with E-state index in [0.29, 0.717) is 35.8 Å².